The van der Waals surface area contributed by atoms with Crippen LogP contribution in [-0.4, -0.2) is 32.5 Å². The first kappa shape index (κ1) is 26.8. The lowest BCUT2D eigenvalue weighted by Gasteiger charge is -2.14. The molecule has 0 saturated carbocycles. The SMILES string of the molecule is CCCCOc1ccc(C(=O)NC(=Cc2ccc(N(C)C)cc2)C(=O)Nc2ccc(F)c(Cl)c2)cc1. The number of nitrogens with zero attached hydrogens (tertiary/aromatic N) is 1. The predicted molar refractivity (Wildman–Crippen MR) is 143 cm³/mol. The number of nitrogens with one attached hydrogen (secondary N) is 2. The molecular weight excluding hydrogens is 481 g/mol. The zero-order valence-corrected chi connectivity index (χ0v) is 21.2. The number of benzene rings is 3. The highest BCUT2D eigenvalue weighted by molar-refractivity contribution is 6.31. The van der Waals surface area contributed by atoms with Crippen LogP contribution in [0.3, 0.4) is 0 Å². The molecule has 3 aromatic rings. The molecule has 3 rings (SSSR count). The summed E-state index contributed by atoms with van der Waals surface area (Å²) in [6.07, 6.45) is 3.54. The molecule has 36 heavy (non-hydrogen) atoms. The van der Waals surface area contributed by atoms with Crippen LogP contribution in [0.2, 0.25) is 5.02 Å². The number of hydrogen-bond donors (Lipinski definition) is 2. The van der Waals surface area contributed by atoms with Crippen molar-refractivity contribution in [1.29, 1.82) is 0 Å². The van der Waals surface area contributed by atoms with Crippen molar-refractivity contribution >= 4 is 40.9 Å². The quantitative estimate of drug-likeness (QED) is 0.254. The van der Waals surface area contributed by atoms with E-state index in [1.807, 2.05) is 43.3 Å². The molecule has 0 aromatic heterocycles. The molecule has 8 heteroatoms. The zero-order chi connectivity index (χ0) is 26.1. The number of carbonyl (C=O) groups excluding carboxylic acids is 2. The number of halogens is 2. The van der Waals surface area contributed by atoms with E-state index < -0.39 is 17.6 Å². The Morgan fingerprint density at radius 3 is 2.33 bits per heavy atom. The third-order valence-electron chi connectivity index (χ3n) is 5.27. The summed E-state index contributed by atoms with van der Waals surface area (Å²) in [6, 6.07) is 18.0. The summed E-state index contributed by atoms with van der Waals surface area (Å²) in [5, 5.41) is 5.22. The molecule has 0 heterocycles. The maximum Gasteiger partial charge on any atom is 0.272 e. The molecule has 188 valence electrons. The molecule has 2 N–H and O–H groups in total. The van der Waals surface area contributed by atoms with Crippen molar-refractivity contribution in [3.05, 3.63) is 94.4 Å². The average molecular weight is 510 g/mol. The summed E-state index contributed by atoms with van der Waals surface area (Å²) in [6.45, 7) is 2.69. The minimum absolute atomic E-state index is 0.0151. The van der Waals surface area contributed by atoms with E-state index in [9.17, 15) is 14.0 Å². The fraction of sp³-hybridized carbons (Fsp3) is 0.214. The highest BCUT2D eigenvalue weighted by Gasteiger charge is 2.16. The Hall–Kier alpha value is -3.84. The lowest BCUT2D eigenvalue weighted by Crippen LogP contribution is -2.30. The van der Waals surface area contributed by atoms with Gasteiger partial charge in [0.25, 0.3) is 11.8 Å². The smallest absolute Gasteiger partial charge is 0.272 e. The second-order valence-electron chi connectivity index (χ2n) is 8.31. The van der Waals surface area contributed by atoms with Gasteiger partial charge >= 0.3 is 0 Å². The van der Waals surface area contributed by atoms with E-state index in [0.29, 0.717) is 29.2 Å². The Morgan fingerprint density at radius 2 is 1.72 bits per heavy atom. The molecule has 0 aliphatic rings. The van der Waals surface area contributed by atoms with Crippen molar-refractivity contribution in [2.75, 3.05) is 30.9 Å². The molecular formula is C28H29ClFN3O3. The van der Waals surface area contributed by atoms with Gasteiger partial charge in [0.1, 0.15) is 17.3 Å². The molecule has 0 fully saturated rings. The Bertz CT molecular complexity index is 1230. The summed E-state index contributed by atoms with van der Waals surface area (Å²) >= 11 is 5.84. The van der Waals surface area contributed by atoms with Gasteiger partial charge in [0.05, 0.1) is 11.6 Å². The minimum Gasteiger partial charge on any atom is -0.494 e. The highest BCUT2D eigenvalue weighted by atomic mass is 35.5. The molecule has 0 unspecified atom stereocenters. The molecule has 0 aliphatic heterocycles. The molecule has 0 atom stereocenters. The van der Waals surface area contributed by atoms with E-state index >= 15 is 0 Å². The molecule has 0 aliphatic carbocycles. The van der Waals surface area contributed by atoms with Crippen LogP contribution in [-0.2, 0) is 4.79 Å². The van der Waals surface area contributed by atoms with Gasteiger partial charge in [-0.15, -0.1) is 0 Å². The number of rotatable bonds is 10. The highest BCUT2D eigenvalue weighted by Crippen LogP contribution is 2.21. The van der Waals surface area contributed by atoms with Crippen molar-refractivity contribution in [2.24, 2.45) is 0 Å². The predicted octanol–water partition coefficient (Wildman–Crippen LogP) is 6.13. The lowest BCUT2D eigenvalue weighted by molar-refractivity contribution is -0.113. The van der Waals surface area contributed by atoms with Crippen LogP contribution < -0.4 is 20.3 Å². The fourth-order valence-electron chi connectivity index (χ4n) is 3.20. The van der Waals surface area contributed by atoms with Gasteiger partial charge in [-0.2, -0.15) is 0 Å². The van der Waals surface area contributed by atoms with Crippen molar-refractivity contribution in [1.82, 2.24) is 5.32 Å². The van der Waals surface area contributed by atoms with E-state index in [2.05, 4.69) is 17.6 Å². The molecule has 2 amide bonds. The van der Waals surface area contributed by atoms with Crippen LogP contribution >= 0.6 is 11.6 Å². The molecule has 0 spiro atoms. The van der Waals surface area contributed by atoms with Gasteiger partial charge < -0.3 is 20.3 Å². The normalized spacial score (nSPS) is 11.1. The fourth-order valence-corrected chi connectivity index (χ4v) is 3.38. The number of amides is 2. The standard InChI is InChI=1S/C28H29ClFN3O3/c1-4-5-16-36-23-13-8-20(9-14-23)27(34)32-26(17-19-6-11-22(12-7-19)33(2)3)28(35)31-21-10-15-25(30)24(29)18-21/h6-15,17-18H,4-5,16H2,1-3H3,(H,31,35)(H,32,34). The lowest BCUT2D eigenvalue weighted by atomic mass is 10.1. The molecule has 0 radical (unpaired) electrons. The van der Waals surface area contributed by atoms with E-state index in [0.717, 1.165) is 24.6 Å². The van der Waals surface area contributed by atoms with E-state index in [1.165, 1.54) is 12.1 Å². The molecule has 6 nitrogen and oxygen atoms in total. The van der Waals surface area contributed by atoms with Crippen molar-refractivity contribution in [2.45, 2.75) is 19.8 Å². The average Bonchev–Trinajstić information content (AvgIpc) is 2.86. The molecule has 0 saturated heterocycles. The Labute approximate surface area is 215 Å². The van der Waals surface area contributed by atoms with E-state index in [1.54, 1.807) is 30.3 Å². The summed E-state index contributed by atoms with van der Waals surface area (Å²) in [7, 11) is 3.86. The van der Waals surface area contributed by atoms with Gasteiger partial charge in [0.15, 0.2) is 0 Å². The molecule has 3 aromatic carbocycles. The van der Waals surface area contributed by atoms with Gasteiger partial charge in [0, 0.05) is 31.0 Å². The second-order valence-corrected chi connectivity index (χ2v) is 8.71. The first-order valence-electron chi connectivity index (χ1n) is 11.6. The van der Waals surface area contributed by atoms with Crippen LogP contribution in [0.25, 0.3) is 6.08 Å². The summed E-state index contributed by atoms with van der Waals surface area (Å²) in [4.78, 5) is 28.0. The van der Waals surface area contributed by atoms with Gasteiger partial charge in [-0.25, -0.2) is 4.39 Å². The first-order valence-corrected chi connectivity index (χ1v) is 11.9. The number of ether oxygens (including phenoxy) is 1. The topological polar surface area (TPSA) is 70.7 Å². The van der Waals surface area contributed by atoms with Gasteiger partial charge in [-0.1, -0.05) is 37.1 Å². The summed E-state index contributed by atoms with van der Waals surface area (Å²) in [5.41, 5.74) is 2.38. The van der Waals surface area contributed by atoms with Gasteiger partial charge in [-0.3, -0.25) is 9.59 Å². The van der Waals surface area contributed by atoms with E-state index in [-0.39, 0.29) is 10.7 Å². The van der Waals surface area contributed by atoms with Crippen molar-refractivity contribution in [3.8, 4) is 5.75 Å². The summed E-state index contributed by atoms with van der Waals surface area (Å²) in [5.74, 6) is -0.967. The van der Waals surface area contributed by atoms with Crippen LogP contribution in [0.4, 0.5) is 15.8 Å². The van der Waals surface area contributed by atoms with Gasteiger partial charge in [-0.05, 0) is 72.7 Å². The summed E-state index contributed by atoms with van der Waals surface area (Å²) < 4.78 is 19.2. The number of anilines is 2. The Morgan fingerprint density at radius 1 is 1.03 bits per heavy atom. The van der Waals surface area contributed by atoms with E-state index in [4.69, 9.17) is 16.3 Å². The van der Waals surface area contributed by atoms with Crippen LogP contribution in [0.1, 0.15) is 35.7 Å². The van der Waals surface area contributed by atoms with Crippen LogP contribution in [0.15, 0.2) is 72.4 Å². The first-order chi connectivity index (χ1) is 17.3. The maximum atomic E-state index is 13.5. The third-order valence-corrected chi connectivity index (χ3v) is 5.56. The van der Waals surface area contributed by atoms with Gasteiger partial charge in [0.2, 0.25) is 0 Å². The van der Waals surface area contributed by atoms with Crippen molar-refractivity contribution < 1.29 is 18.7 Å². The third kappa shape index (κ3) is 7.58. The monoisotopic (exact) mass is 509 g/mol. The minimum atomic E-state index is -0.596. The van der Waals surface area contributed by atoms with Crippen molar-refractivity contribution in [3.63, 3.8) is 0 Å². The number of unbranched alkanes of at least 4 members (excludes halogenated alkanes) is 1. The van der Waals surface area contributed by atoms with Crippen LogP contribution in [0, 0.1) is 5.82 Å². The Kier molecular flexibility index (Phi) is 9.47. The van der Waals surface area contributed by atoms with Crippen LogP contribution in [0.5, 0.6) is 5.75 Å². The number of hydrogen-bond acceptors (Lipinski definition) is 4. The second kappa shape index (κ2) is 12.7. The number of carbonyl (C=O) groups is 2. The molecule has 0 bridgehead atoms. The maximum absolute atomic E-state index is 13.5. The Balaban J connectivity index is 1.82. The zero-order valence-electron chi connectivity index (χ0n) is 20.5. The largest absolute Gasteiger partial charge is 0.494 e.